The van der Waals surface area contributed by atoms with Gasteiger partial charge in [-0.3, -0.25) is 9.59 Å². The molecule has 1 amide bonds. The van der Waals surface area contributed by atoms with Crippen LogP contribution in [0.3, 0.4) is 0 Å². The first-order valence-electron chi connectivity index (χ1n) is 8.68. The van der Waals surface area contributed by atoms with Crippen molar-refractivity contribution in [2.24, 2.45) is 0 Å². The molecular formula is C21H17N3O3S. The van der Waals surface area contributed by atoms with Crippen LogP contribution in [0.15, 0.2) is 47.1 Å². The largest absolute Gasteiger partial charge is 0.461 e. The third-order valence-corrected chi connectivity index (χ3v) is 5.66. The number of para-hydroxylation sites is 1. The van der Waals surface area contributed by atoms with Crippen molar-refractivity contribution < 1.29 is 14.0 Å². The number of hydrogen-bond acceptors (Lipinski definition) is 6. The SMILES string of the molecule is CC(=O)c1ccccc1NC(=O)c1sc2nc(-c3ccco3)nc(C)c2c1C. The molecule has 1 N–H and O–H groups in total. The number of aromatic nitrogens is 2. The molecule has 140 valence electrons. The maximum atomic E-state index is 12.9. The van der Waals surface area contributed by atoms with Crippen molar-refractivity contribution in [1.29, 1.82) is 0 Å². The number of furan rings is 1. The summed E-state index contributed by atoms with van der Waals surface area (Å²) in [6.07, 6.45) is 1.57. The van der Waals surface area contributed by atoms with Gasteiger partial charge >= 0.3 is 0 Å². The van der Waals surface area contributed by atoms with E-state index in [4.69, 9.17) is 4.42 Å². The van der Waals surface area contributed by atoms with Gasteiger partial charge in [0.25, 0.3) is 5.91 Å². The number of nitrogens with zero attached hydrogens (tertiary/aromatic N) is 2. The highest BCUT2D eigenvalue weighted by Crippen LogP contribution is 2.33. The number of Topliss-reactive ketones (excluding diaryl/α,β-unsaturated/α-hetero) is 1. The minimum absolute atomic E-state index is 0.103. The summed E-state index contributed by atoms with van der Waals surface area (Å²) in [4.78, 5) is 35.1. The second-order valence-electron chi connectivity index (χ2n) is 6.40. The number of anilines is 1. The third kappa shape index (κ3) is 3.10. The second kappa shape index (κ2) is 7.01. The summed E-state index contributed by atoms with van der Waals surface area (Å²) < 4.78 is 5.39. The molecule has 0 saturated carbocycles. The van der Waals surface area contributed by atoms with Crippen LogP contribution in [0.25, 0.3) is 21.8 Å². The maximum Gasteiger partial charge on any atom is 0.266 e. The smallest absolute Gasteiger partial charge is 0.266 e. The Bertz CT molecular complexity index is 1210. The van der Waals surface area contributed by atoms with Gasteiger partial charge in [-0.25, -0.2) is 9.97 Å². The van der Waals surface area contributed by atoms with Gasteiger partial charge in [-0.1, -0.05) is 12.1 Å². The predicted molar refractivity (Wildman–Crippen MR) is 109 cm³/mol. The Hall–Kier alpha value is -3.32. The molecule has 3 aromatic heterocycles. The topological polar surface area (TPSA) is 85.1 Å². The van der Waals surface area contributed by atoms with E-state index in [2.05, 4.69) is 15.3 Å². The summed E-state index contributed by atoms with van der Waals surface area (Å²) in [6.45, 7) is 5.25. The third-order valence-electron chi connectivity index (χ3n) is 4.47. The summed E-state index contributed by atoms with van der Waals surface area (Å²) in [6, 6.07) is 10.5. The standard InChI is InChI=1S/C21H17N3O3S/c1-11-17-12(2)22-19(16-9-6-10-27-16)24-21(17)28-18(11)20(26)23-15-8-5-4-7-14(15)13(3)25/h4-10H,1-3H3,(H,23,26). The number of amides is 1. The van der Waals surface area contributed by atoms with E-state index in [0.29, 0.717) is 27.7 Å². The predicted octanol–water partition coefficient (Wildman–Crippen LogP) is 5.02. The highest BCUT2D eigenvalue weighted by atomic mass is 32.1. The highest BCUT2D eigenvalue weighted by molar-refractivity contribution is 7.20. The molecule has 0 unspecified atom stereocenters. The van der Waals surface area contributed by atoms with Gasteiger partial charge in [0.15, 0.2) is 17.4 Å². The summed E-state index contributed by atoms with van der Waals surface area (Å²) in [7, 11) is 0. The molecule has 3 heterocycles. The van der Waals surface area contributed by atoms with Crippen LogP contribution in [0, 0.1) is 13.8 Å². The fourth-order valence-corrected chi connectivity index (χ4v) is 4.28. The van der Waals surface area contributed by atoms with Gasteiger partial charge in [-0.2, -0.15) is 0 Å². The Morgan fingerprint density at radius 1 is 1.07 bits per heavy atom. The molecule has 0 radical (unpaired) electrons. The number of carbonyl (C=O) groups excluding carboxylic acids is 2. The van der Waals surface area contributed by atoms with Crippen molar-refractivity contribution in [2.45, 2.75) is 20.8 Å². The van der Waals surface area contributed by atoms with Crippen LogP contribution in [0.4, 0.5) is 5.69 Å². The molecule has 0 aliphatic heterocycles. The number of aryl methyl sites for hydroxylation is 2. The zero-order valence-electron chi connectivity index (χ0n) is 15.6. The van der Waals surface area contributed by atoms with E-state index in [1.807, 2.05) is 13.8 Å². The second-order valence-corrected chi connectivity index (χ2v) is 7.40. The van der Waals surface area contributed by atoms with Gasteiger partial charge in [0, 0.05) is 10.9 Å². The Kier molecular flexibility index (Phi) is 4.52. The maximum absolute atomic E-state index is 12.9. The first kappa shape index (κ1) is 18.1. The molecule has 0 fully saturated rings. The van der Waals surface area contributed by atoms with Gasteiger partial charge in [0.1, 0.15) is 4.83 Å². The molecule has 4 rings (SSSR count). The van der Waals surface area contributed by atoms with Crippen LogP contribution < -0.4 is 5.32 Å². The van der Waals surface area contributed by atoms with Crippen molar-refractivity contribution in [3.8, 4) is 11.6 Å². The Morgan fingerprint density at radius 2 is 1.86 bits per heavy atom. The molecule has 6 nitrogen and oxygen atoms in total. The van der Waals surface area contributed by atoms with Crippen LogP contribution in [0.2, 0.25) is 0 Å². The number of thiophene rings is 1. The van der Waals surface area contributed by atoms with Gasteiger partial charge < -0.3 is 9.73 Å². The Labute approximate surface area is 165 Å². The van der Waals surface area contributed by atoms with Gasteiger partial charge in [0.05, 0.1) is 22.5 Å². The van der Waals surface area contributed by atoms with Crippen LogP contribution >= 0.6 is 11.3 Å². The first-order valence-corrected chi connectivity index (χ1v) is 9.50. The van der Waals surface area contributed by atoms with E-state index in [9.17, 15) is 9.59 Å². The van der Waals surface area contributed by atoms with E-state index in [-0.39, 0.29) is 11.7 Å². The molecule has 1 aromatic carbocycles. The van der Waals surface area contributed by atoms with Gasteiger partial charge in [-0.05, 0) is 50.6 Å². The molecule has 0 bridgehead atoms. The van der Waals surface area contributed by atoms with Crippen molar-refractivity contribution in [3.63, 3.8) is 0 Å². The van der Waals surface area contributed by atoms with E-state index in [1.165, 1.54) is 18.3 Å². The average Bonchev–Trinajstić information content (AvgIpc) is 3.30. The lowest BCUT2D eigenvalue weighted by molar-refractivity contribution is 0.101. The lowest BCUT2D eigenvalue weighted by Gasteiger charge is -2.08. The molecular weight excluding hydrogens is 374 g/mol. The first-order chi connectivity index (χ1) is 13.5. The number of benzene rings is 1. The van der Waals surface area contributed by atoms with Crippen molar-refractivity contribution >= 4 is 38.9 Å². The molecule has 0 aliphatic carbocycles. The zero-order chi connectivity index (χ0) is 19.8. The fourth-order valence-electron chi connectivity index (χ4n) is 3.15. The number of fused-ring (bicyclic) bond motifs is 1. The van der Waals surface area contributed by atoms with Crippen LogP contribution in [0.1, 0.15) is 38.2 Å². The lowest BCUT2D eigenvalue weighted by Crippen LogP contribution is -2.13. The number of rotatable bonds is 4. The highest BCUT2D eigenvalue weighted by Gasteiger charge is 2.21. The van der Waals surface area contributed by atoms with Gasteiger partial charge in [0.2, 0.25) is 0 Å². The lowest BCUT2D eigenvalue weighted by atomic mass is 10.1. The van der Waals surface area contributed by atoms with E-state index in [0.717, 1.165) is 21.5 Å². The van der Waals surface area contributed by atoms with Crippen LogP contribution in [0.5, 0.6) is 0 Å². The van der Waals surface area contributed by atoms with Crippen molar-refractivity contribution in [3.05, 3.63) is 64.4 Å². The Morgan fingerprint density at radius 3 is 2.57 bits per heavy atom. The molecule has 0 spiro atoms. The number of nitrogens with one attached hydrogen (secondary N) is 1. The molecule has 0 saturated heterocycles. The minimum atomic E-state index is -0.270. The normalized spacial score (nSPS) is 11.0. The molecule has 0 atom stereocenters. The zero-order valence-corrected chi connectivity index (χ0v) is 16.4. The molecule has 7 heteroatoms. The number of carbonyl (C=O) groups is 2. The fraction of sp³-hybridized carbons (Fsp3) is 0.143. The van der Waals surface area contributed by atoms with E-state index < -0.39 is 0 Å². The Balaban J connectivity index is 1.75. The van der Waals surface area contributed by atoms with Crippen molar-refractivity contribution in [2.75, 3.05) is 5.32 Å². The summed E-state index contributed by atoms with van der Waals surface area (Å²) in [5, 5.41) is 3.72. The summed E-state index contributed by atoms with van der Waals surface area (Å²) >= 11 is 1.30. The quantitative estimate of drug-likeness (QED) is 0.494. The molecule has 4 aromatic rings. The number of hydrogen-bond donors (Lipinski definition) is 1. The summed E-state index contributed by atoms with van der Waals surface area (Å²) in [5.41, 5.74) is 2.58. The van der Waals surface area contributed by atoms with Crippen LogP contribution in [-0.4, -0.2) is 21.7 Å². The molecule has 28 heavy (non-hydrogen) atoms. The van der Waals surface area contributed by atoms with Crippen LogP contribution in [-0.2, 0) is 0 Å². The van der Waals surface area contributed by atoms with E-state index in [1.54, 1.807) is 42.7 Å². The average molecular weight is 391 g/mol. The number of ketones is 1. The monoisotopic (exact) mass is 391 g/mol. The molecule has 0 aliphatic rings. The van der Waals surface area contributed by atoms with Gasteiger partial charge in [-0.15, -0.1) is 11.3 Å². The van der Waals surface area contributed by atoms with Crippen molar-refractivity contribution in [1.82, 2.24) is 9.97 Å². The van der Waals surface area contributed by atoms with E-state index >= 15 is 0 Å². The summed E-state index contributed by atoms with van der Waals surface area (Å²) in [5.74, 6) is 0.699. The minimum Gasteiger partial charge on any atom is -0.461 e.